The van der Waals surface area contributed by atoms with Gasteiger partial charge in [0.05, 0.1) is 12.7 Å². The number of rotatable bonds is 5. The summed E-state index contributed by atoms with van der Waals surface area (Å²) in [6.45, 7) is 0.610. The Morgan fingerprint density at radius 1 is 1.14 bits per heavy atom. The summed E-state index contributed by atoms with van der Waals surface area (Å²) in [6, 6.07) is 4.59. The topological polar surface area (TPSA) is 50.1 Å². The monoisotopic (exact) mass is 392 g/mol. The van der Waals surface area contributed by atoms with Crippen molar-refractivity contribution in [1.29, 1.82) is 0 Å². The number of halogens is 3. The summed E-state index contributed by atoms with van der Waals surface area (Å²) < 4.78 is 43.6. The van der Waals surface area contributed by atoms with Crippen molar-refractivity contribution >= 4 is 11.6 Å². The van der Waals surface area contributed by atoms with Crippen molar-refractivity contribution in [2.75, 3.05) is 28.3 Å². The Hall–Kier alpha value is -2.91. The number of carbonyl (C=O) groups excluding carboxylic acids is 1. The number of aromatic nitrogens is 2. The average Bonchev–Trinajstić information content (AvgIpc) is 2.96. The average molecular weight is 392 g/mol. The number of carbonyl (C=O) groups is 1. The molecule has 0 fully saturated rings. The van der Waals surface area contributed by atoms with E-state index < -0.39 is 28.9 Å². The van der Waals surface area contributed by atoms with Crippen LogP contribution in [-0.2, 0) is 11.4 Å². The van der Waals surface area contributed by atoms with E-state index in [2.05, 4.69) is 4.98 Å². The molecular weight excluding hydrogens is 373 g/mol. The molecule has 0 aliphatic heterocycles. The summed E-state index contributed by atoms with van der Waals surface area (Å²) in [5, 5.41) is 0.917. The fourth-order valence-electron chi connectivity index (χ4n) is 2.93. The minimum atomic E-state index is -1.15. The lowest BCUT2D eigenvalue weighted by molar-refractivity contribution is -0.0760. The predicted molar refractivity (Wildman–Crippen MR) is 97.0 cm³/mol. The zero-order valence-electron chi connectivity index (χ0n) is 15.8. The third-order valence-electron chi connectivity index (χ3n) is 4.20. The fraction of sp³-hybridized carbons (Fsp3) is 0.263. The van der Waals surface area contributed by atoms with Crippen molar-refractivity contribution in [2.24, 2.45) is 0 Å². The van der Waals surface area contributed by atoms with Gasteiger partial charge in [-0.05, 0) is 31.8 Å². The molecule has 0 N–H and O–H groups in total. The van der Waals surface area contributed by atoms with E-state index >= 15 is 0 Å². The highest BCUT2D eigenvalue weighted by Crippen LogP contribution is 2.31. The molecule has 2 heterocycles. The fourth-order valence-corrected chi connectivity index (χ4v) is 2.93. The van der Waals surface area contributed by atoms with Gasteiger partial charge in [-0.1, -0.05) is 0 Å². The lowest BCUT2D eigenvalue weighted by atomic mass is 10.1. The van der Waals surface area contributed by atoms with Crippen LogP contribution in [0.5, 0.6) is 0 Å². The summed E-state index contributed by atoms with van der Waals surface area (Å²) in [5.74, 6) is -4.02. The molecule has 0 radical (unpaired) electrons. The first kappa shape index (κ1) is 19.8. The van der Waals surface area contributed by atoms with E-state index in [1.807, 2.05) is 19.0 Å². The van der Waals surface area contributed by atoms with Gasteiger partial charge in [0, 0.05) is 31.9 Å². The molecular formula is C19H19F3N4O2. The number of hydroxylamine groups is 2. The Labute approximate surface area is 159 Å². The minimum Gasteiger partial charge on any atom is -0.305 e. The van der Waals surface area contributed by atoms with Crippen LogP contribution in [-0.4, -0.2) is 53.5 Å². The van der Waals surface area contributed by atoms with Crippen LogP contribution in [0.25, 0.3) is 16.9 Å². The Kier molecular flexibility index (Phi) is 5.39. The van der Waals surface area contributed by atoms with Crippen LogP contribution >= 0.6 is 0 Å². The summed E-state index contributed by atoms with van der Waals surface area (Å²) in [4.78, 5) is 24.0. The smallest absolute Gasteiger partial charge is 0.296 e. The second kappa shape index (κ2) is 7.61. The molecule has 0 aliphatic carbocycles. The number of amides is 1. The molecule has 6 nitrogen and oxygen atoms in total. The normalized spacial score (nSPS) is 11.4. The molecule has 28 heavy (non-hydrogen) atoms. The summed E-state index contributed by atoms with van der Waals surface area (Å²) in [6.07, 6.45) is 1.60. The minimum absolute atomic E-state index is 0.0971. The van der Waals surface area contributed by atoms with Crippen LogP contribution < -0.4 is 0 Å². The SMILES string of the molecule is CON(C)C(=O)c1c(-c2c(F)cc(F)cc2F)nc2cc(CN(C)C)ccn12. The van der Waals surface area contributed by atoms with Gasteiger partial charge in [0.15, 0.2) is 0 Å². The van der Waals surface area contributed by atoms with E-state index in [0.717, 1.165) is 10.6 Å². The predicted octanol–water partition coefficient (Wildman–Crippen LogP) is 3.11. The molecule has 2 aromatic heterocycles. The number of hydrogen-bond donors (Lipinski definition) is 0. The number of nitrogens with zero attached hydrogens (tertiary/aromatic N) is 4. The molecule has 148 valence electrons. The third kappa shape index (κ3) is 3.58. The number of imidazole rings is 1. The maximum atomic E-state index is 14.4. The molecule has 0 saturated heterocycles. The van der Waals surface area contributed by atoms with E-state index in [9.17, 15) is 18.0 Å². The van der Waals surface area contributed by atoms with Crippen molar-refractivity contribution in [1.82, 2.24) is 19.3 Å². The molecule has 0 aliphatic rings. The van der Waals surface area contributed by atoms with Gasteiger partial charge in [-0.15, -0.1) is 0 Å². The first-order valence-electron chi connectivity index (χ1n) is 8.35. The Morgan fingerprint density at radius 2 is 1.79 bits per heavy atom. The van der Waals surface area contributed by atoms with Gasteiger partial charge < -0.3 is 4.90 Å². The Bertz CT molecular complexity index is 1030. The summed E-state index contributed by atoms with van der Waals surface area (Å²) in [7, 11) is 6.44. The zero-order valence-corrected chi connectivity index (χ0v) is 15.8. The van der Waals surface area contributed by atoms with Gasteiger partial charge >= 0.3 is 0 Å². The van der Waals surface area contributed by atoms with Crippen molar-refractivity contribution in [3.8, 4) is 11.3 Å². The zero-order chi connectivity index (χ0) is 20.6. The summed E-state index contributed by atoms with van der Waals surface area (Å²) in [5.41, 5.74) is 0.316. The van der Waals surface area contributed by atoms with Crippen molar-refractivity contribution in [3.05, 3.63) is 59.2 Å². The van der Waals surface area contributed by atoms with Crippen LogP contribution in [0.1, 0.15) is 16.1 Å². The molecule has 3 rings (SSSR count). The first-order valence-corrected chi connectivity index (χ1v) is 8.35. The van der Waals surface area contributed by atoms with Crippen LogP contribution in [0.15, 0.2) is 30.5 Å². The third-order valence-corrected chi connectivity index (χ3v) is 4.20. The van der Waals surface area contributed by atoms with Gasteiger partial charge in [0.2, 0.25) is 0 Å². The van der Waals surface area contributed by atoms with E-state index in [0.29, 0.717) is 24.3 Å². The second-order valence-electron chi connectivity index (χ2n) is 6.54. The molecule has 0 spiro atoms. The number of benzene rings is 1. The van der Waals surface area contributed by atoms with E-state index in [4.69, 9.17) is 4.84 Å². The van der Waals surface area contributed by atoms with Crippen LogP contribution in [0, 0.1) is 17.5 Å². The lowest BCUT2D eigenvalue weighted by Crippen LogP contribution is -2.27. The molecule has 0 saturated carbocycles. The maximum absolute atomic E-state index is 14.4. The highest BCUT2D eigenvalue weighted by molar-refractivity contribution is 5.99. The largest absolute Gasteiger partial charge is 0.305 e. The maximum Gasteiger partial charge on any atom is 0.296 e. The Balaban J connectivity index is 2.30. The molecule has 9 heteroatoms. The molecule has 3 aromatic rings. The second-order valence-corrected chi connectivity index (χ2v) is 6.54. The molecule has 0 bridgehead atoms. The highest BCUT2D eigenvalue weighted by atomic mass is 19.1. The highest BCUT2D eigenvalue weighted by Gasteiger charge is 2.28. The van der Waals surface area contributed by atoms with Crippen molar-refractivity contribution in [3.63, 3.8) is 0 Å². The van der Waals surface area contributed by atoms with Gasteiger partial charge in [0.1, 0.15) is 34.5 Å². The molecule has 1 amide bonds. The van der Waals surface area contributed by atoms with Gasteiger partial charge in [-0.2, -0.15) is 0 Å². The Morgan fingerprint density at radius 3 is 2.36 bits per heavy atom. The van der Waals surface area contributed by atoms with Gasteiger partial charge in [0.25, 0.3) is 5.91 Å². The standard InChI is InChI=1S/C19H19F3N4O2/c1-24(2)10-11-5-6-26-15(7-11)23-17(18(26)19(27)25(3)28-4)16-13(21)8-12(20)9-14(16)22/h5-9H,10H2,1-4H3. The van der Waals surface area contributed by atoms with Crippen molar-refractivity contribution < 1.29 is 22.8 Å². The number of fused-ring (bicyclic) bond motifs is 1. The quantitative estimate of drug-likeness (QED) is 0.626. The molecule has 0 unspecified atom stereocenters. The lowest BCUT2D eigenvalue weighted by Gasteiger charge is -2.15. The van der Waals surface area contributed by atoms with Gasteiger partial charge in [-0.25, -0.2) is 23.2 Å². The molecule has 1 aromatic carbocycles. The number of hydrogen-bond acceptors (Lipinski definition) is 4. The molecule has 0 atom stereocenters. The van der Waals surface area contributed by atoms with Crippen molar-refractivity contribution in [2.45, 2.75) is 6.54 Å². The number of pyridine rings is 1. The summed E-state index contributed by atoms with van der Waals surface area (Å²) >= 11 is 0. The van der Waals surface area contributed by atoms with Crippen LogP contribution in [0.3, 0.4) is 0 Å². The van der Waals surface area contributed by atoms with Crippen LogP contribution in [0.2, 0.25) is 0 Å². The van der Waals surface area contributed by atoms with E-state index in [1.54, 1.807) is 18.3 Å². The van der Waals surface area contributed by atoms with Crippen LogP contribution in [0.4, 0.5) is 13.2 Å². The first-order chi connectivity index (χ1) is 13.2. The van der Waals surface area contributed by atoms with Gasteiger partial charge in [-0.3, -0.25) is 14.0 Å². The van der Waals surface area contributed by atoms with E-state index in [-0.39, 0.29) is 11.4 Å². The van der Waals surface area contributed by atoms with E-state index in [1.165, 1.54) is 18.6 Å².